The molecule has 0 radical (unpaired) electrons. The highest BCUT2D eigenvalue weighted by Crippen LogP contribution is 2.38. The van der Waals surface area contributed by atoms with Gasteiger partial charge in [0.05, 0.1) is 25.4 Å². The second-order valence-corrected chi connectivity index (χ2v) is 33.6. The topological polar surface area (TPSA) is 683 Å². The van der Waals surface area contributed by atoms with Crippen LogP contribution < -0.4 is 81.0 Å². The number of aliphatic hydroxyl groups excluding tert-OH is 2. The van der Waals surface area contributed by atoms with Gasteiger partial charge in [0.15, 0.2) is 0 Å². The summed E-state index contributed by atoms with van der Waals surface area (Å²) in [6.07, 6.45) is -2.12. The average molecular weight is 1770 g/mol. The summed E-state index contributed by atoms with van der Waals surface area (Å²) in [5.41, 5.74) is 18.6. The molecular weight excluding hydrogens is 1640 g/mol. The van der Waals surface area contributed by atoms with E-state index < -0.39 is 250 Å². The van der Waals surface area contributed by atoms with E-state index in [0.29, 0.717) is 54.1 Å². The zero-order chi connectivity index (χ0) is 92.6. The number of carboxylic acids is 2. The van der Waals surface area contributed by atoms with Gasteiger partial charge in [0.1, 0.15) is 84.6 Å². The summed E-state index contributed by atoms with van der Waals surface area (Å²) in [5.74, 6) is -19.1. The van der Waals surface area contributed by atoms with Crippen LogP contribution in [0.15, 0.2) is 60.8 Å². The van der Waals surface area contributed by atoms with E-state index in [4.69, 9.17) is 21.7 Å². The number of aromatic nitrogens is 1. The summed E-state index contributed by atoms with van der Waals surface area (Å²) in [6, 6.07) is -8.81. The number of carbonyl (C=O) groups excluding carboxylic acids is 15. The van der Waals surface area contributed by atoms with Gasteiger partial charge in [-0.15, -0.1) is 0 Å². The molecule has 16 atom stereocenters. The number of amides is 15. The summed E-state index contributed by atoms with van der Waals surface area (Å²) >= 11 is 0. The number of nitrogens with two attached hydrogens (primary N) is 3. The molecule has 2 aliphatic rings. The number of benzene rings is 2. The third-order valence-corrected chi connectivity index (χ3v) is 21.2. The number of aliphatic hydroxyl groups is 2. The van der Waals surface area contributed by atoms with Crippen LogP contribution in [-0.2, 0) is 103 Å². The summed E-state index contributed by atoms with van der Waals surface area (Å²) in [7, 11) is -5.65. The quantitative estimate of drug-likeness (QED) is 0.0190. The molecule has 3 aromatic rings. The molecule has 25 N–H and O–H groups in total. The third kappa shape index (κ3) is 33.2. The first kappa shape index (κ1) is 103. The Labute approximate surface area is 717 Å². The Morgan fingerprint density at radius 3 is 1.45 bits per heavy atom. The van der Waals surface area contributed by atoms with Gasteiger partial charge < -0.3 is 126 Å². The number of nitrogens with one attached hydrogen (secondary N) is 13. The van der Waals surface area contributed by atoms with Crippen molar-refractivity contribution in [3.63, 3.8) is 0 Å². The standard InChI is InChI=1S/C80H123N18O25P/c1-41(2)33-54(70(108)90-57(37-48-38-84-50-22-14-13-21-49(48)50)73(111)86-51(23-15-16-30-81)67(105)93-58(80(118)119)35-43(5)6)89-66(104)45(8)85-74(112)59(39-99)94-72(110)56(36-47-19-11-10-12-20-47)92-77(115)65(46(9)123-124(120,121)122)96-69(107)53(27-29-64(102)103)87-68(106)52(26-28-63(83)101)88-75(113)60(40-100)95-71(109)55(34-42(3)4)91-76(114)61-24-17-31-97(61)79(117)62-25-18-32-98(62)78(116)44(7)82/h10-14,19-22,38,41-46,51-62,65,84,99-100H,15-18,23-37,39-40,81-82H2,1-9H3,(H2,83,101)(H,85,112)(H,86,111)(H,87,106)(H,88,113)(H,89,104)(H,90,108)(H,91,114)(H,92,115)(H,93,105)(H,94,110)(H,95,109)(H,96,107)(H,102,103)(H,118,119)(H2,120,121,122)/t44-,45-,46+,51-,52-,53-,54-,55-,56-,57-,58-,59-,60-,61-,62-,65-/m0/s1. The van der Waals surface area contributed by atoms with Crippen LogP contribution in [0.3, 0.4) is 0 Å². The number of fused-ring (bicyclic) bond motifs is 1. The van der Waals surface area contributed by atoms with Crippen molar-refractivity contribution in [3.8, 4) is 0 Å². The second kappa shape index (κ2) is 50.0. The van der Waals surface area contributed by atoms with E-state index >= 15 is 0 Å². The van der Waals surface area contributed by atoms with E-state index in [2.05, 4.69) is 68.8 Å². The fraction of sp³-hybridized carbons (Fsp3) is 0.613. The zero-order valence-corrected chi connectivity index (χ0v) is 72.0. The van der Waals surface area contributed by atoms with Gasteiger partial charge >= 0.3 is 19.8 Å². The van der Waals surface area contributed by atoms with Crippen LogP contribution in [0.4, 0.5) is 0 Å². The molecule has 2 aliphatic heterocycles. The lowest BCUT2D eigenvalue weighted by Crippen LogP contribution is -2.63. The smallest absolute Gasteiger partial charge is 0.469 e. The predicted molar refractivity (Wildman–Crippen MR) is 445 cm³/mol. The zero-order valence-electron chi connectivity index (χ0n) is 71.1. The lowest BCUT2D eigenvalue weighted by molar-refractivity contribution is -0.147. The molecule has 0 unspecified atom stereocenters. The van der Waals surface area contributed by atoms with Crippen molar-refractivity contribution in [2.45, 2.75) is 262 Å². The van der Waals surface area contributed by atoms with Crippen molar-refractivity contribution in [2.24, 2.45) is 35.0 Å². The van der Waals surface area contributed by atoms with E-state index in [9.17, 15) is 116 Å². The molecule has 15 amide bonds. The second-order valence-electron chi connectivity index (χ2n) is 32.4. The molecule has 0 spiro atoms. The molecule has 0 saturated carbocycles. The number of carbonyl (C=O) groups is 17. The number of aliphatic carboxylic acids is 2. The Hall–Kier alpha value is -11.1. The number of rotatable bonds is 52. The first-order valence-electron chi connectivity index (χ1n) is 41.4. The number of nitrogens with zero attached hydrogens (tertiary/aromatic N) is 2. The van der Waals surface area contributed by atoms with Crippen LogP contribution in [0.5, 0.6) is 0 Å². The Morgan fingerprint density at radius 1 is 0.492 bits per heavy atom. The maximum Gasteiger partial charge on any atom is 0.469 e. The number of hydrogen-bond donors (Lipinski definition) is 22. The van der Waals surface area contributed by atoms with Crippen molar-refractivity contribution in [2.75, 3.05) is 32.8 Å². The Morgan fingerprint density at radius 2 is 0.927 bits per heavy atom. The third-order valence-electron chi connectivity index (χ3n) is 20.6. The summed E-state index contributed by atoms with van der Waals surface area (Å²) in [6.45, 7) is 12.3. The number of likely N-dealkylation sites (tertiary alicyclic amines) is 2. The number of H-pyrrole nitrogens is 1. The number of aromatic amines is 1. The molecule has 0 aliphatic carbocycles. The van der Waals surface area contributed by atoms with Crippen molar-refractivity contribution in [3.05, 3.63) is 71.9 Å². The molecule has 1 aromatic heterocycles. The minimum absolute atomic E-state index is 0.0282. The van der Waals surface area contributed by atoms with E-state index in [-0.39, 0.29) is 75.9 Å². The normalized spacial score (nSPS) is 17.4. The van der Waals surface area contributed by atoms with Crippen molar-refractivity contribution < 1.29 is 121 Å². The SMILES string of the molecule is CC(C)C[C@H](NC(=O)[C@H](CCCCN)NC(=O)[C@H](Cc1c[nH]c2ccccc12)NC(=O)[C@H](CC(C)C)NC(=O)[C@H](C)NC(=O)[C@H](CO)NC(=O)[C@H](Cc1ccccc1)NC(=O)[C@@H](NC(=O)[C@H](CCC(=O)O)NC(=O)[C@H](CCC(N)=O)NC(=O)[C@H](CO)NC(=O)[C@H](CC(C)C)NC(=O)[C@@H]1CCCN1C(=O)[C@@H]1CCCN1C(=O)[C@H](C)N)[C@@H](C)OP(=O)(O)O)C(=O)O. The summed E-state index contributed by atoms with van der Waals surface area (Å²) < 4.78 is 17.3. The molecule has 2 aromatic carbocycles. The lowest BCUT2D eigenvalue weighted by atomic mass is 9.99. The van der Waals surface area contributed by atoms with Crippen LogP contribution in [0.25, 0.3) is 10.9 Å². The first-order valence-corrected chi connectivity index (χ1v) is 42.9. The average Bonchev–Trinajstić information content (AvgIpc) is 1.64. The van der Waals surface area contributed by atoms with E-state index in [1.54, 1.807) is 78.1 Å². The van der Waals surface area contributed by atoms with Gasteiger partial charge in [-0.05, 0) is 139 Å². The highest BCUT2D eigenvalue weighted by molar-refractivity contribution is 7.46. The minimum atomic E-state index is -5.65. The maximum absolute atomic E-state index is 14.7. The molecule has 0 bridgehead atoms. The van der Waals surface area contributed by atoms with Crippen LogP contribution in [0.2, 0.25) is 0 Å². The van der Waals surface area contributed by atoms with Gasteiger partial charge in [0, 0.05) is 55.9 Å². The van der Waals surface area contributed by atoms with Crippen molar-refractivity contribution in [1.29, 1.82) is 0 Å². The number of hydrogen-bond acceptors (Lipinski definition) is 23. The fourth-order valence-electron chi connectivity index (χ4n) is 14.2. The van der Waals surface area contributed by atoms with Crippen molar-refractivity contribution >= 4 is 119 Å². The van der Waals surface area contributed by atoms with E-state index in [0.717, 1.165) is 6.92 Å². The number of para-hydroxylation sites is 1. The monoisotopic (exact) mass is 1770 g/mol. The molecule has 5 rings (SSSR count). The van der Waals surface area contributed by atoms with Gasteiger partial charge in [0.25, 0.3) is 0 Å². The van der Waals surface area contributed by atoms with Gasteiger partial charge in [-0.3, -0.25) is 81.2 Å². The molecule has 3 heterocycles. The molecule has 2 fully saturated rings. The fourth-order valence-corrected chi connectivity index (χ4v) is 14.8. The molecule has 124 heavy (non-hydrogen) atoms. The minimum Gasteiger partial charge on any atom is -0.481 e. The van der Waals surface area contributed by atoms with E-state index in [1.165, 1.54) is 47.9 Å². The van der Waals surface area contributed by atoms with Gasteiger partial charge in [-0.25, -0.2) is 9.36 Å². The molecule has 2 saturated heterocycles. The van der Waals surface area contributed by atoms with Crippen LogP contribution in [-0.4, -0.2) is 275 Å². The number of phosphoric acid groups is 1. The largest absolute Gasteiger partial charge is 0.481 e. The Kier molecular flexibility index (Phi) is 41.7. The number of unbranched alkanes of at least 4 members (excludes halogenated alkanes) is 1. The first-order chi connectivity index (χ1) is 58.4. The van der Waals surface area contributed by atoms with Crippen LogP contribution >= 0.6 is 7.82 Å². The molecule has 688 valence electrons. The number of phosphoric ester groups is 1. The number of carboxylic acid groups (broad SMARTS) is 2. The maximum atomic E-state index is 14.7. The van der Waals surface area contributed by atoms with Gasteiger partial charge in [-0.2, -0.15) is 0 Å². The highest BCUT2D eigenvalue weighted by atomic mass is 31.2. The van der Waals surface area contributed by atoms with Gasteiger partial charge in [-0.1, -0.05) is 90.1 Å². The number of primary amides is 1. The predicted octanol–water partition coefficient (Wildman–Crippen LogP) is -3.92. The van der Waals surface area contributed by atoms with Gasteiger partial charge in [0.2, 0.25) is 88.6 Å². The summed E-state index contributed by atoms with van der Waals surface area (Å²) in [4.78, 5) is 261. The molecular formula is C80H123N18O25P. The Balaban J connectivity index is 1.36. The summed E-state index contributed by atoms with van der Waals surface area (Å²) in [5, 5.41) is 70.8. The Bertz CT molecular complexity index is 4260. The lowest BCUT2D eigenvalue weighted by Gasteiger charge is -2.32. The molecule has 44 heteroatoms. The highest BCUT2D eigenvalue weighted by Gasteiger charge is 2.45. The van der Waals surface area contributed by atoms with Crippen molar-refractivity contribution in [1.82, 2.24) is 78.6 Å². The molecule has 43 nitrogen and oxygen atoms in total. The van der Waals surface area contributed by atoms with Crippen LogP contribution in [0, 0.1) is 17.8 Å². The van der Waals surface area contributed by atoms with E-state index in [1.807, 2.05) is 0 Å². The van der Waals surface area contributed by atoms with Crippen LogP contribution in [0.1, 0.15) is 163 Å².